The number of carbonyl (C=O) groups excluding carboxylic acids is 1. The molecule has 0 fully saturated rings. The zero-order valence-electron chi connectivity index (χ0n) is 12.5. The first-order valence-corrected chi connectivity index (χ1v) is 8.52. The van der Waals surface area contributed by atoms with E-state index in [1.165, 1.54) is 24.3 Å². The molecule has 0 aromatic heterocycles. The lowest BCUT2D eigenvalue weighted by molar-refractivity contribution is 0.0981. The van der Waals surface area contributed by atoms with Gasteiger partial charge >= 0.3 is 10.2 Å². The summed E-state index contributed by atoms with van der Waals surface area (Å²) in [6.07, 6.45) is 0. The molecule has 1 heterocycles. The molecule has 7 nitrogen and oxygen atoms in total. The minimum atomic E-state index is -4.07. The van der Waals surface area contributed by atoms with Gasteiger partial charge in [-0.15, -0.1) is 0 Å². The molecule has 2 aromatic rings. The summed E-state index contributed by atoms with van der Waals surface area (Å²) in [5.41, 5.74) is 0.916. The van der Waals surface area contributed by atoms with Crippen LogP contribution in [0.5, 0.6) is 5.75 Å². The maximum Gasteiger partial charge on any atom is 0.326 e. The van der Waals surface area contributed by atoms with E-state index in [0.29, 0.717) is 17.0 Å². The second-order valence-electron chi connectivity index (χ2n) is 5.01. The van der Waals surface area contributed by atoms with E-state index < -0.39 is 16.1 Å². The van der Waals surface area contributed by atoms with Crippen LogP contribution >= 0.6 is 0 Å². The molecule has 2 aromatic carbocycles. The highest BCUT2D eigenvalue weighted by Crippen LogP contribution is 2.32. The molecule has 1 amide bonds. The van der Waals surface area contributed by atoms with Gasteiger partial charge in [0.05, 0.1) is 23.9 Å². The van der Waals surface area contributed by atoms with E-state index >= 15 is 0 Å². The van der Waals surface area contributed by atoms with E-state index in [1.54, 1.807) is 24.3 Å². The van der Waals surface area contributed by atoms with E-state index in [9.17, 15) is 13.2 Å². The van der Waals surface area contributed by atoms with Crippen molar-refractivity contribution in [2.24, 2.45) is 0 Å². The Morgan fingerprint density at radius 3 is 2.58 bits per heavy atom. The minimum absolute atomic E-state index is 0.104. The van der Waals surface area contributed by atoms with Gasteiger partial charge in [-0.1, -0.05) is 12.1 Å². The molecule has 3 rings (SSSR count). The molecule has 8 heteroatoms. The molecule has 1 N–H and O–H groups in total. The van der Waals surface area contributed by atoms with Gasteiger partial charge in [-0.25, -0.2) is 9.03 Å². The van der Waals surface area contributed by atoms with Gasteiger partial charge in [-0.2, -0.15) is 13.7 Å². The second-order valence-corrected chi connectivity index (χ2v) is 6.61. The lowest BCUT2D eigenvalue weighted by atomic mass is 10.1. The van der Waals surface area contributed by atoms with E-state index in [2.05, 4.69) is 0 Å². The number of nitrogens with zero attached hydrogens (tertiary/aromatic N) is 2. The fraction of sp³-hybridized carbons (Fsp3) is 0.125. The van der Waals surface area contributed by atoms with Gasteiger partial charge in [0.15, 0.2) is 0 Å². The Balaban J connectivity index is 1.84. The summed E-state index contributed by atoms with van der Waals surface area (Å²) in [6.45, 7) is 0.302. The molecule has 122 valence electrons. The smallest absolute Gasteiger partial charge is 0.326 e. The molecule has 0 saturated carbocycles. The molecule has 0 spiro atoms. The van der Waals surface area contributed by atoms with E-state index in [0.717, 1.165) is 4.31 Å². The highest BCUT2D eigenvalue weighted by atomic mass is 32.2. The number of amides is 1. The van der Waals surface area contributed by atoms with Gasteiger partial charge in [0.1, 0.15) is 12.4 Å². The Bertz CT molecular complexity index is 917. The average Bonchev–Trinajstić information content (AvgIpc) is 2.61. The molecule has 0 radical (unpaired) electrons. The largest absolute Gasteiger partial charge is 0.489 e. The first-order valence-electron chi connectivity index (χ1n) is 7.08. The number of ether oxygens (including phenoxy) is 1. The number of nitrogens with one attached hydrogen (secondary N) is 1. The van der Waals surface area contributed by atoms with Gasteiger partial charge in [0, 0.05) is 5.56 Å². The number of hydrogen-bond acceptors (Lipinski definition) is 5. The summed E-state index contributed by atoms with van der Waals surface area (Å²) >= 11 is 0. The molecule has 0 aliphatic carbocycles. The Hall–Kier alpha value is -3.05. The number of rotatable bonds is 3. The molecule has 0 saturated heterocycles. The third-order valence-corrected chi connectivity index (χ3v) is 4.88. The third-order valence-electron chi connectivity index (χ3n) is 3.47. The maximum atomic E-state index is 12.5. The summed E-state index contributed by atoms with van der Waals surface area (Å²) in [7, 11) is -4.07. The van der Waals surface area contributed by atoms with E-state index in [4.69, 9.17) is 10.00 Å². The average molecular weight is 343 g/mol. The zero-order valence-corrected chi connectivity index (χ0v) is 13.3. The predicted molar refractivity (Wildman–Crippen MR) is 86.8 cm³/mol. The first-order chi connectivity index (χ1) is 11.5. The van der Waals surface area contributed by atoms with Crippen molar-refractivity contribution in [1.82, 2.24) is 4.72 Å². The van der Waals surface area contributed by atoms with Crippen LogP contribution < -0.4 is 13.8 Å². The van der Waals surface area contributed by atoms with Gasteiger partial charge in [0.25, 0.3) is 5.91 Å². The highest BCUT2D eigenvalue weighted by molar-refractivity contribution is 7.91. The lowest BCUT2D eigenvalue weighted by Crippen LogP contribution is -2.46. The normalized spacial score (nSPS) is 13.4. The summed E-state index contributed by atoms with van der Waals surface area (Å²) in [5.74, 6) is -0.316. The summed E-state index contributed by atoms with van der Waals surface area (Å²) in [5, 5.41) is 8.75. The van der Waals surface area contributed by atoms with Crippen molar-refractivity contribution < 1.29 is 17.9 Å². The van der Waals surface area contributed by atoms with Gasteiger partial charge in [0.2, 0.25) is 0 Å². The monoisotopic (exact) mass is 343 g/mol. The number of fused-ring (bicyclic) bond motifs is 1. The van der Waals surface area contributed by atoms with Gasteiger partial charge in [-0.05, 0) is 36.4 Å². The summed E-state index contributed by atoms with van der Waals surface area (Å²) in [4.78, 5) is 12.2. The van der Waals surface area contributed by atoms with Crippen LogP contribution in [0.2, 0.25) is 0 Å². The van der Waals surface area contributed by atoms with Crippen LogP contribution in [0.15, 0.2) is 48.5 Å². The number of benzene rings is 2. The Morgan fingerprint density at radius 1 is 1.17 bits per heavy atom. The minimum Gasteiger partial charge on any atom is -0.489 e. The number of nitriles is 1. The maximum absolute atomic E-state index is 12.5. The molecule has 24 heavy (non-hydrogen) atoms. The van der Waals surface area contributed by atoms with E-state index in [1.807, 2.05) is 10.8 Å². The van der Waals surface area contributed by atoms with Crippen LogP contribution in [0.3, 0.4) is 0 Å². The first kappa shape index (κ1) is 15.8. The van der Waals surface area contributed by atoms with E-state index in [-0.39, 0.29) is 18.7 Å². The SMILES string of the molecule is N#Cc1ccc(C(=O)NS(=O)(=O)N2CCOc3ccccc32)cc1. The quantitative estimate of drug-likeness (QED) is 0.909. The van der Waals surface area contributed by atoms with Crippen LogP contribution in [0.1, 0.15) is 15.9 Å². The molecule has 1 aliphatic rings. The predicted octanol–water partition coefficient (Wildman–Crippen LogP) is 1.43. The molecule has 0 unspecified atom stereocenters. The molecular weight excluding hydrogens is 330 g/mol. The zero-order chi connectivity index (χ0) is 17.2. The number of hydrogen-bond donors (Lipinski definition) is 1. The Labute approximate surface area is 139 Å². The van der Waals surface area contributed by atoms with Crippen molar-refractivity contribution in [3.63, 3.8) is 0 Å². The number of carbonyl (C=O) groups is 1. The van der Waals surface area contributed by atoms with Gasteiger partial charge in [-0.3, -0.25) is 4.79 Å². The Morgan fingerprint density at radius 2 is 1.88 bits per heavy atom. The van der Waals surface area contributed by atoms with Crippen LogP contribution in [0.25, 0.3) is 0 Å². The summed E-state index contributed by atoms with van der Waals surface area (Å²) in [6, 6.07) is 14.3. The van der Waals surface area contributed by atoms with Crippen molar-refractivity contribution in [2.45, 2.75) is 0 Å². The van der Waals surface area contributed by atoms with Crippen molar-refractivity contribution in [2.75, 3.05) is 17.5 Å². The fourth-order valence-corrected chi connectivity index (χ4v) is 3.51. The molecular formula is C16H13N3O4S. The molecule has 1 aliphatic heterocycles. The number of para-hydroxylation sites is 2. The fourth-order valence-electron chi connectivity index (χ4n) is 2.32. The standard InChI is InChI=1S/C16H13N3O4S/c17-11-12-5-7-13(8-6-12)16(20)18-24(21,22)19-9-10-23-15-4-2-1-3-14(15)19/h1-8H,9-10H2,(H,18,20). The van der Waals surface area contributed by atoms with Crippen LogP contribution in [0.4, 0.5) is 5.69 Å². The number of anilines is 1. The summed E-state index contributed by atoms with van der Waals surface area (Å²) < 4.78 is 33.6. The lowest BCUT2D eigenvalue weighted by Gasteiger charge is -2.30. The van der Waals surface area contributed by atoms with Gasteiger partial charge < -0.3 is 4.74 Å². The van der Waals surface area contributed by atoms with Crippen molar-refractivity contribution in [1.29, 1.82) is 5.26 Å². The molecule has 0 bridgehead atoms. The Kier molecular flexibility index (Phi) is 4.10. The van der Waals surface area contributed by atoms with Crippen LogP contribution in [0, 0.1) is 11.3 Å². The second kappa shape index (κ2) is 6.22. The molecule has 0 atom stereocenters. The van der Waals surface area contributed by atoms with Crippen LogP contribution in [-0.4, -0.2) is 27.5 Å². The van der Waals surface area contributed by atoms with Crippen molar-refractivity contribution >= 4 is 21.8 Å². The van der Waals surface area contributed by atoms with Crippen LogP contribution in [-0.2, 0) is 10.2 Å². The highest BCUT2D eigenvalue weighted by Gasteiger charge is 2.29. The third kappa shape index (κ3) is 3.02. The van der Waals surface area contributed by atoms with Crippen molar-refractivity contribution in [3.8, 4) is 11.8 Å². The topological polar surface area (TPSA) is 99.5 Å². The van der Waals surface area contributed by atoms with Crippen molar-refractivity contribution in [3.05, 3.63) is 59.7 Å².